The Hall–Kier alpha value is -2.93. The summed E-state index contributed by atoms with van der Waals surface area (Å²) in [7, 11) is 0. The van der Waals surface area contributed by atoms with Crippen LogP contribution in [0, 0.1) is 0 Å². The summed E-state index contributed by atoms with van der Waals surface area (Å²) in [5.41, 5.74) is 10.2. The van der Waals surface area contributed by atoms with Crippen molar-refractivity contribution in [3.05, 3.63) is 41.5 Å². The molecule has 0 saturated carbocycles. The van der Waals surface area contributed by atoms with E-state index in [9.17, 15) is 4.79 Å². The van der Waals surface area contributed by atoms with Gasteiger partial charge in [-0.15, -0.1) is 11.3 Å². The highest BCUT2D eigenvalue weighted by atomic mass is 32.1. The molecule has 1 amide bonds. The van der Waals surface area contributed by atoms with Crippen LogP contribution in [0.15, 0.2) is 36.7 Å². The zero-order valence-electron chi connectivity index (χ0n) is 14.7. The number of rotatable bonds is 2. The van der Waals surface area contributed by atoms with Gasteiger partial charge in [0.1, 0.15) is 15.2 Å². The molecule has 4 heterocycles. The molecule has 1 aliphatic heterocycles. The van der Waals surface area contributed by atoms with Crippen molar-refractivity contribution in [2.75, 3.05) is 18.8 Å². The first-order valence-electron chi connectivity index (χ1n) is 9.13. The number of nitrogens with one attached hydrogen (secondary N) is 1. The Kier molecular flexibility index (Phi) is 3.82. The predicted octanol–water partition coefficient (Wildman–Crippen LogP) is 4.05. The standard InChI is InChI=1S/C20H19N5OS/c21-16-17-19(27-18(16)20(26)25-8-4-1-5-9-25)24-15(11-23-17)13-10-22-14-7-3-2-6-12(13)14/h2-3,6-7,10-11,22H,1,4-5,8-9,21H2. The lowest BCUT2D eigenvalue weighted by molar-refractivity contribution is 0.0730. The number of amides is 1. The first-order valence-corrected chi connectivity index (χ1v) is 9.95. The first-order chi connectivity index (χ1) is 13.2. The van der Waals surface area contributed by atoms with Crippen LogP contribution in [0.5, 0.6) is 0 Å². The number of hydrogen-bond acceptors (Lipinski definition) is 5. The van der Waals surface area contributed by atoms with Crippen molar-refractivity contribution in [1.29, 1.82) is 0 Å². The number of aromatic amines is 1. The zero-order chi connectivity index (χ0) is 18.4. The summed E-state index contributed by atoms with van der Waals surface area (Å²) < 4.78 is 0. The SMILES string of the molecule is Nc1c(C(=O)N2CCCCC2)sc2nc(-c3c[nH]c4ccccc34)cnc12. The molecule has 1 aliphatic rings. The van der Waals surface area contributed by atoms with Gasteiger partial charge in [0.05, 0.1) is 17.6 Å². The van der Waals surface area contributed by atoms with Crippen LogP contribution in [0.1, 0.15) is 28.9 Å². The summed E-state index contributed by atoms with van der Waals surface area (Å²) in [5.74, 6) is 0.00523. The number of carbonyl (C=O) groups is 1. The van der Waals surface area contributed by atoms with Crippen molar-refractivity contribution in [2.45, 2.75) is 19.3 Å². The number of nitrogen functional groups attached to an aromatic ring is 1. The summed E-state index contributed by atoms with van der Waals surface area (Å²) in [6.07, 6.45) is 6.96. The molecule has 0 spiro atoms. The van der Waals surface area contributed by atoms with Crippen molar-refractivity contribution in [2.24, 2.45) is 0 Å². The number of anilines is 1. The number of thiophene rings is 1. The molecule has 0 bridgehead atoms. The van der Waals surface area contributed by atoms with Crippen LogP contribution >= 0.6 is 11.3 Å². The number of aromatic nitrogens is 3. The average molecular weight is 377 g/mol. The number of fused-ring (bicyclic) bond motifs is 2. The molecule has 4 aromatic rings. The molecule has 3 aromatic heterocycles. The molecule has 0 radical (unpaired) electrons. The molecular weight excluding hydrogens is 358 g/mol. The van der Waals surface area contributed by atoms with E-state index in [-0.39, 0.29) is 5.91 Å². The zero-order valence-corrected chi connectivity index (χ0v) is 15.6. The summed E-state index contributed by atoms with van der Waals surface area (Å²) in [6.45, 7) is 1.60. The molecular formula is C20H19N5OS. The first kappa shape index (κ1) is 16.3. The monoisotopic (exact) mass is 377 g/mol. The average Bonchev–Trinajstić information content (AvgIpc) is 3.29. The molecule has 7 heteroatoms. The summed E-state index contributed by atoms with van der Waals surface area (Å²) in [4.78, 5) is 28.6. The smallest absolute Gasteiger partial charge is 0.266 e. The maximum atomic E-state index is 12.9. The Bertz CT molecular complexity index is 1160. The van der Waals surface area contributed by atoms with Gasteiger partial charge in [-0.1, -0.05) is 18.2 Å². The number of nitrogens with zero attached hydrogens (tertiary/aromatic N) is 3. The van der Waals surface area contributed by atoms with Gasteiger partial charge in [0.2, 0.25) is 0 Å². The van der Waals surface area contributed by atoms with Gasteiger partial charge in [-0.05, 0) is 25.3 Å². The maximum absolute atomic E-state index is 12.9. The lowest BCUT2D eigenvalue weighted by Crippen LogP contribution is -2.35. The quantitative estimate of drug-likeness (QED) is 0.552. The number of hydrogen-bond donors (Lipinski definition) is 2. The van der Waals surface area contributed by atoms with Gasteiger partial charge in [0.15, 0.2) is 0 Å². The third-order valence-corrected chi connectivity index (χ3v) is 6.22. The Morgan fingerprint density at radius 2 is 2.00 bits per heavy atom. The van der Waals surface area contributed by atoms with Gasteiger partial charge in [0.25, 0.3) is 5.91 Å². The van der Waals surface area contributed by atoms with Crippen LogP contribution in [0.4, 0.5) is 5.69 Å². The van der Waals surface area contributed by atoms with Crippen LogP contribution in [0.3, 0.4) is 0 Å². The second kappa shape index (κ2) is 6.35. The van der Waals surface area contributed by atoms with Gasteiger partial charge in [-0.2, -0.15) is 0 Å². The number of H-pyrrole nitrogens is 1. The highest BCUT2D eigenvalue weighted by molar-refractivity contribution is 7.21. The largest absolute Gasteiger partial charge is 0.396 e. The van der Waals surface area contributed by atoms with E-state index >= 15 is 0 Å². The minimum absolute atomic E-state index is 0.00523. The van der Waals surface area contributed by atoms with Crippen molar-refractivity contribution in [3.63, 3.8) is 0 Å². The van der Waals surface area contributed by atoms with E-state index in [1.165, 1.54) is 17.8 Å². The van der Waals surface area contributed by atoms with Crippen molar-refractivity contribution in [3.8, 4) is 11.3 Å². The van der Waals surface area contributed by atoms with E-state index in [1.807, 2.05) is 29.3 Å². The van der Waals surface area contributed by atoms with E-state index in [1.54, 1.807) is 6.20 Å². The van der Waals surface area contributed by atoms with E-state index in [2.05, 4.69) is 16.0 Å². The summed E-state index contributed by atoms with van der Waals surface area (Å²) >= 11 is 1.34. The molecule has 1 fully saturated rings. The highest BCUT2D eigenvalue weighted by Gasteiger charge is 2.24. The molecule has 0 unspecified atom stereocenters. The molecule has 27 heavy (non-hydrogen) atoms. The third kappa shape index (κ3) is 2.66. The molecule has 1 saturated heterocycles. The normalized spacial score (nSPS) is 14.9. The maximum Gasteiger partial charge on any atom is 0.266 e. The molecule has 1 aromatic carbocycles. The van der Waals surface area contributed by atoms with Gasteiger partial charge >= 0.3 is 0 Å². The minimum atomic E-state index is 0.00523. The number of benzene rings is 1. The van der Waals surface area contributed by atoms with E-state index in [0.717, 1.165) is 48.1 Å². The van der Waals surface area contributed by atoms with Gasteiger partial charge in [-0.3, -0.25) is 4.79 Å². The molecule has 0 atom stereocenters. The van der Waals surface area contributed by atoms with Crippen LogP contribution in [0.25, 0.3) is 32.5 Å². The Morgan fingerprint density at radius 3 is 2.85 bits per heavy atom. The molecule has 5 rings (SSSR count). The molecule has 6 nitrogen and oxygen atoms in total. The molecule has 0 aliphatic carbocycles. The summed E-state index contributed by atoms with van der Waals surface area (Å²) in [5, 5.41) is 1.10. The number of piperidine rings is 1. The van der Waals surface area contributed by atoms with E-state index in [0.29, 0.717) is 20.9 Å². The molecule has 136 valence electrons. The van der Waals surface area contributed by atoms with Gasteiger partial charge in [-0.25, -0.2) is 9.97 Å². The Labute approximate surface area is 160 Å². The van der Waals surface area contributed by atoms with Crippen LogP contribution in [0.2, 0.25) is 0 Å². The number of nitrogens with two attached hydrogens (primary N) is 1. The summed E-state index contributed by atoms with van der Waals surface area (Å²) in [6, 6.07) is 8.09. The van der Waals surface area contributed by atoms with Gasteiger partial charge in [0, 0.05) is 35.8 Å². The topological polar surface area (TPSA) is 87.9 Å². The Morgan fingerprint density at radius 1 is 1.19 bits per heavy atom. The fourth-order valence-corrected chi connectivity index (χ4v) is 4.72. The second-order valence-corrected chi connectivity index (χ2v) is 7.85. The number of carbonyl (C=O) groups excluding carboxylic acids is 1. The fourth-order valence-electron chi connectivity index (χ4n) is 3.70. The molecule has 3 N–H and O–H groups in total. The van der Waals surface area contributed by atoms with Crippen molar-refractivity contribution in [1.82, 2.24) is 19.9 Å². The minimum Gasteiger partial charge on any atom is -0.396 e. The lowest BCUT2D eigenvalue weighted by atomic mass is 10.1. The van der Waals surface area contributed by atoms with Crippen molar-refractivity contribution >= 4 is 44.2 Å². The Balaban J connectivity index is 1.57. The van der Waals surface area contributed by atoms with Crippen molar-refractivity contribution < 1.29 is 4.79 Å². The third-order valence-electron chi connectivity index (χ3n) is 5.14. The van der Waals surface area contributed by atoms with Gasteiger partial charge < -0.3 is 15.6 Å². The number of para-hydroxylation sites is 1. The second-order valence-electron chi connectivity index (χ2n) is 6.85. The lowest BCUT2D eigenvalue weighted by Gasteiger charge is -2.26. The number of likely N-dealkylation sites (tertiary alicyclic amines) is 1. The van der Waals surface area contributed by atoms with E-state index in [4.69, 9.17) is 10.7 Å². The fraction of sp³-hybridized carbons (Fsp3) is 0.250. The van der Waals surface area contributed by atoms with Crippen LogP contribution < -0.4 is 5.73 Å². The highest BCUT2D eigenvalue weighted by Crippen LogP contribution is 2.35. The van der Waals surface area contributed by atoms with Crippen LogP contribution in [-0.2, 0) is 0 Å². The van der Waals surface area contributed by atoms with Crippen LogP contribution in [-0.4, -0.2) is 38.8 Å². The predicted molar refractivity (Wildman–Crippen MR) is 109 cm³/mol. The van der Waals surface area contributed by atoms with E-state index < -0.39 is 0 Å².